The lowest BCUT2D eigenvalue weighted by Crippen LogP contribution is -2.22. The minimum atomic E-state index is -0.321. The fourth-order valence-corrected chi connectivity index (χ4v) is 1.32. The van der Waals surface area contributed by atoms with Crippen molar-refractivity contribution in [3.05, 3.63) is 29.6 Å². The van der Waals surface area contributed by atoms with Crippen molar-refractivity contribution in [3.8, 4) is 0 Å². The average Bonchev–Trinajstić information content (AvgIpc) is 2.20. The summed E-state index contributed by atoms with van der Waals surface area (Å²) in [5.41, 5.74) is 6.46. The Kier molecular flexibility index (Phi) is 4.24. The van der Waals surface area contributed by atoms with Gasteiger partial charge in [-0.05, 0) is 31.0 Å². The number of nitrogens with one attached hydrogen (secondary N) is 1. The minimum Gasteiger partial charge on any atom is -0.389 e. The Bertz CT molecular complexity index is 391. The fraction of sp³-hybridized carbons (Fsp3) is 0.417. The number of nitrogens with two attached hydrogens (primary N) is 1. The Labute approximate surface area is 101 Å². The van der Waals surface area contributed by atoms with Gasteiger partial charge < -0.3 is 11.1 Å². The lowest BCUT2D eigenvalue weighted by molar-refractivity contribution is 0.552. The molecule has 0 radical (unpaired) electrons. The van der Waals surface area contributed by atoms with Crippen LogP contribution in [0.4, 0.5) is 10.1 Å². The van der Waals surface area contributed by atoms with Gasteiger partial charge in [-0.3, -0.25) is 0 Å². The Morgan fingerprint density at radius 1 is 1.38 bits per heavy atom. The Morgan fingerprint density at radius 3 is 2.44 bits per heavy atom. The molecule has 0 spiro atoms. The molecule has 0 aliphatic carbocycles. The molecule has 0 heterocycles. The van der Waals surface area contributed by atoms with Crippen LogP contribution in [0.1, 0.15) is 26.3 Å². The summed E-state index contributed by atoms with van der Waals surface area (Å²) < 4.78 is 13.7. The molecule has 0 bridgehead atoms. The van der Waals surface area contributed by atoms with E-state index >= 15 is 0 Å². The van der Waals surface area contributed by atoms with Crippen LogP contribution in [-0.4, -0.2) is 11.0 Å². The van der Waals surface area contributed by atoms with E-state index in [9.17, 15) is 4.39 Å². The highest BCUT2D eigenvalue weighted by Crippen LogP contribution is 2.18. The van der Waals surface area contributed by atoms with Crippen molar-refractivity contribution >= 4 is 22.9 Å². The number of benzene rings is 1. The number of hydrogen-bond donors (Lipinski definition) is 2. The number of rotatable bonds is 4. The number of halogens is 1. The first-order valence-corrected chi connectivity index (χ1v) is 5.68. The fourth-order valence-electron chi connectivity index (χ4n) is 1.20. The summed E-state index contributed by atoms with van der Waals surface area (Å²) in [5.74, 6) is 0.118. The van der Waals surface area contributed by atoms with Gasteiger partial charge in [-0.1, -0.05) is 26.1 Å². The molecule has 2 nitrogen and oxygen atoms in total. The summed E-state index contributed by atoms with van der Waals surface area (Å²) >= 11 is 4.79. The highest BCUT2D eigenvalue weighted by atomic mass is 32.1. The van der Waals surface area contributed by atoms with Gasteiger partial charge in [-0.2, -0.15) is 0 Å². The third-order valence-electron chi connectivity index (χ3n) is 2.64. The van der Waals surface area contributed by atoms with Crippen molar-refractivity contribution in [1.82, 2.24) is 0 Å². The van der Waals surface area contributed by atoms with E-state index in [2.05, 4.69) is 19.2 Å². The van der Waals surface area contributed by atoms with Gasteiger partial charge in [-0.25, -0.2) is 4.39 Å². The summed E-state index contributed by atoms with van der Waals surface area (Å²) in [6.07, 6.45) is 0. The molecule has 3 N–H and O–H groups in total. The van der Waals surface area contributed by atoms with Gasteiger partial charge in [0.05, 0.1) is 5.69 Å². The maximum atomic E-state index is 13.7. The molecule has 0 aliphatic heterocycles. The van der Waals surface area contributed by atoms with Crippen LogP contribution in [0, 0.1) is 11.7 Å². The lowest BCUT2D eigenvalue weighted by Gasteiger charge is -2.19. The normalized spacial score (nSPS) is 12.6. The molecule has 0 saturated carbocycles. The summed E-state index contributed by atoms with van der Waals surface area (Å²) in [6, 6.07) is 4.96. The molecule has 1 unspecified atom stereocenters. The van der Waals surface area contributed by atoms with Crippen LogP contribution in [0.2, 0.25) is 0 Å². The SMILES string of the molecule is CC(C)C(C)Nc1ccc(C(N)=S)cc1F. The summed E-state index contributed by atoms with van der Waals surface area (Å²) in [5, 5.41) is 3.12. The first-order valence-electron chi connectivity index (χ1n) is 5.27. The molecule has 1 aromatic carbocycles. The van der Waals surface area contributed by atoms with Crippen molar-refractivity contribution in [1.29, 1.82) is 0 Å². The summed E-state index contributed by atoms with van der Waals surface area (Å²) in [6.45, 7) is 6.18. The van der Waals surface area contributed by atoms with Crippen LogP contribution in [0.15, 0.2) is 18.2 Å². The van der Waals surface area contributed by atoms with E-state index in [1.807, 2.05) is 6.92 Å². The van der Waals surface area contributed by atoms with Crippen LogP contribution in [-0.2, 0) is 0 Å². The predicted molar refractivity (Wildman–Crippen MR) is 70.2 cm³/mol. The molecule has 1 aromatic rings. The van der Waals surface area contributed by atoms with Crippen LogP contribution >= 0.6 is 12.2 Å². The summed E-state index contributed by atoms with van der Waals surface area (Å²) in [4.78, 5) is 0.211. The highest BCUT2D eigenvalue weighted by molar-refractivity contribution is 7.80. The Hall–Kier alpha value is -1.16. The van der Waals surface area contributed by atoms with E-state index in [1.54, 1.807) is 12.1 Å². The van der Waals surface area contributed by atoms with Gasteiger partial charge in [0.15, 0.2) is 0 Å². The lowest BCUT2D eigenvalue weighted by atomic mass is 10.1. The average molecular weight is 240 g/mol. The first kappa shape index (κ1) is 12.9. The van der Waals surface area contributed by atoms with Gasteiger partial charge in [0.25, 0.3) is 0 Å². The zero-order valence-electron chi connectivity index (χ0n) is 9.75. The molecule has 88 valence electrons. The van der Waals surface area contributed by atoms with Crippen molar-refractivity contribution < 1.29 is 4.39 Å². The summed E-state index contributed by atoms with van der Waals surface area (Å²) in [7, 11) is 0. The van der Waals surface area contributed by atoms with Crippen LogP contribution < -0.4 is 11.1 Å². The largest absolute Gasteiger partial charge is 0.389 e. The monoisotopic (exact) mass is 240 g/mol. The van der Waals surface area contributed by atoms with Crippen molar-refractivity contribution in [2.24, 2.45) is 11.7 Å². The predicted octanol–water partition coefficient (Wildman–Crippen LogP) is 2.92. The molecule has 0 amide bonds. The number of hydrogen-bond acceptors (Lipinski definition) is 2. The van der Waals surface area contributed by atoms with E-state index in [1.165, 1.54) is 6.07 Å². The van der Waals surface area contributed by atoms with Gasteiger partial charge >= 0.3 is 0 Å². The smallest absolute Gasteiger partial charge is 0.146 e. The second-order valence-electron chi connectivity index (χ2n) is 4.24. The van der Waals surface area contributed by atoms with Crippen molar-refractivity contribution in [2.45, 2.75) is 26.8 Å². The van der Waals surface area contributed by atoms with Gasteiger partial charge in [-0.15, -0.1) is 0 Å². The zero-order valence-corrected chi connectivity index (χ0v) is 10.6. The van der Waals surface area contributed by atoms with E-state index in [0.29, 0.717) is 17.2 Å². The molecule has 4 heteroatoms. The van der Waals surface area contributed by atoms with Crippen LogP contribution in [0.3, 0.4) is 0 Å². The molecule has 1 rings (SSSR count). The highest BCUT2D eigenvalue weighted by Gasteiger charge is 2.10. The molecule has 1 atom stereocenters. The second-order valence-corrected chi connectivity index (χ2v) is 4.68. The minimum absolute atomic E-state index is 0.211. The van der Waals surface area contributed by atoms with Crippen molar-refractivity contribution in [3.63, 3.8) is 0 Å². The topological polar surface area (TPSA) is 38.0 Å². The van der Waals surface area contributed by atoms with Crippen molar-refractivity contribution in [2.75, 3.05) is 5.32 Å². The molecule has 0 aliphatic rings. The second kappa shape index (κ2) is 5.25. The van der Waals surface area contributed by atoms with Crippen LogP contribution in [0.5, 0.6) is 0 Å². The third-order valence-corrected chi connectivity index (χ3v) is 2.87. The Morgan fingerprint density at radius 2 is 2.00 bits per heavy atom. The van der Waals surface area contributed by atoms with Crippen LogP contribution in [0.25, 0.3) is 0 Å². The molecule has 0 fully saturated rings. The number of anilines is 1. The molecular weight excluding hydrogens is 223 g/mol. The third kappa shape index (κ3) is 3.17. The quantitative estimate of drug-likeness (QED) is 0.795. The van der Waals surface area contributed by atoms with Gasteiger partial charge in [0.1, 0.15) is 10.8 Å². The maximum absolute atomic E-state index is 13.7. The Balaban J connectivity index is 2.87. The molecular formula is C12H17FN2S. The van der Waals surface area contributed by atoms with E-state index in [-0.39, 0.29) is 16.8 Å². The number of thiocarbonyl (C=S) groups is 1. The van der Waals surface area contributed by atoms with E-state index in [4.69, 9.17) is 18.0 Å². The van der Waals surface area contributed by atoms with Gasteiger partial charge in [0.2, 0.25) is 0 Å². The zero-order chi connectivity index (χ0) is 12.3. The molecule has 16 heavy (non-hydrogen) atoms. The van der Waals surface area contributed by atoms with E-state index < -0.39 is 0 Å². The standard InChI is InChI=1S/C12H17FN2S/c1-7(2)8(3)15-11-5-4-9(12(14)16)6-10(11)13/h4-8,15H,1-3H3,(H2,14,16). The first-order chi connectivity index (χ1) is 7.41. The molecule has 0 saturated heterocycles. The maximum Gasteiger partial charge on any atom is 0.146 e. The molecule has 0 aromatic heterocycles. The van der Waals surface area contributed by atoms with Gasteiger partial charge in [0, 0.05) is 11.6 Å². The van der Waals surface area contributed by atoms with E-state index in [0.717, 1.165) is 0 Å².